The van der Waals surface area contributed by atoms with Gasteiger partial charge in [-0.05, 0) is 62.1 Å². The maximum atomic E-state index is 12.1. The summed E-state index contributed by atoms with van der Waals surface area (Å²) in [5.74, 6) is 0.989. The van der Waals surface area contributed by atoms with E-state index in [0.29, 0.717) is 6.54 Å². The van der Waals surface area contributed by atoms with Crippen LogP contribution in [0.5, 0.6) is 5.75 Å². The van der Waals surface area contributed by atoms with Crippen molar-refractivity contribution < 1.29 is 9.53 Å². The van der Waals surface area contributed by atoms with Gasteiger partial charge >= 0.3 is 0 Å². The molecule has 4 nitrogen and oxygen atoms in total. The van der Waals surface area contributed by atoms with Crippen molar-refractivity contribution in [2.24, 2.45) is 0 Å². The largest absolute Gasteiger partial charge is 0.490 e. The molecule has 1 amide bonds. The molecule has 0 bridgehead atoms. The first-order valence-electron chi connectivity index (χ1n) is 8.91. The molecule has 0 aromatic heterocycles. The van der Waals surface area contributed by atoms with Crippen LogP contribution in [0.15, 0.2) is 48.5 Å². The summed E-state index contributed by atoms with van der Waals surface area (Å²) in [4.78, 5) is 14.3. The zero-order valence-corrected chi connectivity index (χ0v) is 15.0. The Kier molecular flexibility index (Phi) is 5.71. The van der Waals surface area contributed by atoms with Gasteiger partial charge in [0.25, 0.3) is 0 Å². The van der Waals surface area contributed by atoms with E-state index >= 15 is 0 Å². The summed E-state index contributed by atoms with van der Waals surface area (Å²) in [5, 5.41) is 2.94. The lowest BCUT2D eigenvalue weighted by atomic mass is 10.1. The highest BCUT2D eigenvalue weighted by Gasteiger charge is 2.22. The fourth-order valence-corrected chi connectivity index (χ4v) is 3.09. The van der Waals surface area contributed by atoms with Crippen LogP contribution in [0.2, 0.25) is 0 Å². The fourth-order valence-electron chi connectivity index (χ4n) is 3.09. The van der Waals surface area contributed by atoms with E-state index in [2.05, 4.69) is 36.2 Å². The Morgan fingerprint density at radius 3 is 2.48 bits per heavy atom. The van der Waals surface area contributed by atoms with Gasteiger partial charge in [-0.2, -0.15) is 0 Å². The van der Waals surface area contributed by atoms with Crippen LogP contribution in [0.25, 0.3) is 0 Å². The molecule has 1 fully saturated rings. The number of likely N-dealkylation sites (tertiary alicyclic amines) is 1. The minimum absolute atomic E-state index is 0.0414. The van der Waals surface area contributed by atoms with Crippen molar-refractivity contribution >= 4 is 11.6 Å². The molecule has 1 aliphatic heterocycles. The molecule has 4 heteroatoms. The molecule has 1 N–H and O–H groups in total. The number of benzene rings is 2. The van der Waals surface area contributed by atoms with Gasteiger partial charge in [0.1, 0.15) is 11.9 Å². The summed E-state index contributed by atoms with van der Waals surface area (Å²) in [6.07, 6.45) is 2.13. The Morgan fingerprint density at radius 1 is 1.08 bits per heavy atom. The smallest absolute Gasteiger partial charge is 0.238 e. The number of piperidine rings is 1. The monoisotopic (exact) mass is 338 g/mol. The van der Waals surface area contributed by atoms with E-state index in [-0.39, 0.29) is 12.0 Å². The molecule has 25 heavy (non-hydrogen) atoms. The number of para-hydroxylation sites is 1. The lowest BCUT2D eigenvalue weighted by Crippen LogP contribution is -2.42. The minimum Gasteiger partial charge on any atom is -0.490 e. The third-order valence-corrected chi connectivity index (χ3v) is 4.74. The van der Waals surface area contributed by atoms with E-state index in [9.17, 15) is 4.79 Å². The number of aryl methyl sites for hydroxylation is 2. The van der Waals surface area contributed by atoms with Crippen LogP contribution in [0, 0.1) is 13.8 Å². The normalized spacial score (nSPS) is 15.8. The number of anilines is 1. The average Bonchev–Trinajstić information content (AvgIpc) is 2.61. The lowest BCUT2D eigenvalue weighted by molar-refractivity contribution is -0.117. The highest BCUT2D eigenvalue weighted by atomic mass is 16.5. The minimum atomic E-state index is 0.0414. The predicted molar refractivity (Wildman–Crippen MR) is 101 cm³/mol. The number of nitrogens with one attached hydrogen (secondary N) is 1. The summed E-state index contributed by atoms with van der Waals surface area (Å²) in [7, 11) is 0. The second kappa shape index (κ2) is 8.17. The lowest BCUT2D eigenvalue weighted by Gasteiger charge is -2.31. The van der Waals surface area contributed by atoms with Crippen molar-refractivity contribution in [3.63, 3.8) is 0 Å². The van der Waals surface area contributed by atoms with Crippen LogP contribution in [0.1, 0.15) is 24.0 Å². The zero-order chi connectivity index (χ0) is 17.6. The molecule has 0 radical (unpaired) electrons. The van der Waals surface area contributed by atoms with Crippen molar-refractivity contribution in [1.29, 1.82) is 0 Å². The first-order chi connectivity index (χ1) is 12.1. The standard InChI is InChI=1S/C21H26N2O2/c1-16-8-9-20(14-17(16)2)25-19-10-12-23(13-11-19)15-21(24)22-18-6-4-3-5-7-18/h3-9,14,19H,10-13,15H2,1-2H3,(H,22,24). The molecule has 0 aliphatic carbocycles. The Labute approximate surface area is 149 Å². The van der Waals surface area contributed by atoms with Gasteiger partial charge in [0.05, 0.1) is 6.54 Å². The van der Waals surface area contributed by atoms with Gasteiger partial charge in [0.15, 0.2) is 0 Å². The van der Waals surface area contributed by atoms with Crippen molar-refractivity contribution in [2.45, 2.75) is 32.8 Å². The van der Waals surface area contributed by atoms with Crippen molar-refractivity contribution in [3.05, 3.63) is 59.7 Å². The number of hydrogen-bond donors (Lipinski definition) is 1. The SMILES string of the molecule is Cc1ccc(OC2CCN(CC(=O)Nc3ccccc3)CC2)cc1C. The molecule has 2 aromatic carbocycles. The molecule has 1 saturated heterocycles. The number of rotatable bonds is 5. The molecule has 1 aliphatic rings. The summed E-state index contributed by atoms with van der Waals surface area (Å²) < 4.78 is 6.11. The molecule has 0 saturated carbocycles. The molecular weight excluding hydrogens is 312 g/mol. The van der Waals surface area contributed by atoms with Crippen molar-refractivity contribution in [3.8, 4) is 5.75 Å². The molecule has 1 heterocycles. The second-order valence-corrected chi connectivity index (χ2v) is 6.75. The van der Waals surface area contributed by atoms with Gasteiger partial charge in [0.2, 0.25) is 5.91 Å². The van der Waals surface area contributed by atoms with Crippen LogP contribution < -0.4 is 10.1 Å². The van der Waals surface area contributed by atoms with E-state index in [1.165, 1.54) is 11.1 Å². The van der Waals surface area contributed by atoms with Crippen LogP contribution >= 0.6 is 0 Å². The summed E-state index contributed by atoms with van der Waals surface area (Å²) in [6, 6.07) is 15.8. The summed E-state index contributed by atoms with van der Waals surface area (Å²) in [6.45, 7) is 6.43. The first-order valence-corrected chi connectivity index (χ1v) is 8.91. The highest BCUT2D eigenvalue weighted by Crippen LogP contribution is 2.21. The predicted octanol–water partition coefficient (Wildman–Crippen LogP) is 3.79. The molecule has 132 valence electrons. The number of amides is 1. The van der Waals surface area contributed by atoms with E-state index in [4.69, 9.17) is 4.74 Å². The van der Waals surface area contributed by atoms with E-state index in [1.807, 2.05) is 36.4 Å². The van der Waals surface area contributed by atoms with Gasteiger partial charge in [0, 0.05) is 18.8 Å². The average molecular weight is 338 g/mol. The quantitative estimate of drug-likeness (QED) is 0.902. The number of ether oxygens (including phenoxy) is 1. The topological polar surface area (TPSA) is 41.6 Å². The van der Waals surface area contributed by atoms with Gasteiger partial charge < -0.3 is 10.1 Å². The van der Waals surface area contributed by atoms with Crippen molar-refractivity contribution in [1.82, 2.24) is 4.90 Å². The van der Waals surface area contributed by atoms with Crippen molar-refractivity contribution in [2.75, 3.05) is 25.0 Å². The van der Waals surface area contributed by atoms with E-state index < -0.39 is 0 Å². The van der Waals surface area contributed by atoms with Crippen LogP contribution in [0.4, 0.5) is 5.69 Å². The maximum Gasteiger partial charge on any atom is 0.238 e. The summed E-state index contributed by atoms with van der Waals surface area (Å²) >= 11 is 0. The van der Waals surface area contributed by atoms with Crippen LogP contribution in [-0.2, 0) is 4.79 Å². The van der Waals surface area contributed by atoms with Gasteiger partial charge in [-0.3, -0.25) is 9.69 Å². The third-order valence-electron chi connectivity index (χ3n) is 4.74. The molecule has 0 spiro atoms. The highest BCUT2D eigenvalue weighted by molar-refractivity contribution is 5.92. The number of nitrogens with zero attached hydrogens (tertiary/aromatic N) is 1. The van der Waals surface area contributed by atoms with E-state index in [0.717, 1.165) is 37.4 Å². The van der Waals surface area contributed by atoms with Gasteiger partial charge in [-0.1, -0.05) is 24.3 Å². The summed E-state index contributed by atoms with van der Waals surface area (Å²) in [5.41, 5.74) is 3.39. The molecule has 3 rings (SSSR count). The number of carbonyl (C=O) groups excluding carboxylic acids is 1. The molecule has 2 aromatic rings. The third kappa shape index (κ3) is 5.07. The van der Waals surface area contributed by atoms with E-state index in [1.54, 1.807) is 0 Å². The number of hydrogen-bond acceptors (Lipinski definition) is 3. The van der Waals surface area contributed by atoms with Crippen LogP contribution in [-0.4, -0.2) is 36.5 Å². The van der Waals surface area contributed by atoms with Gasteiger partial charge in [-0.15, -0.1) is 0 Å². The Bertz CT molecular complexity index is 707. The van der Waals surface area contributed by atoms with Gasteiger partial charge in [-0.25, -0.2) is 0 Å². The molecule has 0 unspecified atom stereocenters. The maximum absolute atomic E-state index is 12.1. The zero-order valence-electron chi connectivity index (χ0n) is 15.0. The van der Waals surface area contributed by atoms with Crippen LogP contribution in [0.3, 0.4) is 0 Å². The Morgan fingerprint density at radius 2 is 1.80 bits per heavy atom. The number of carbonyl (C=O) groups is 1. The first kappa shape index (κ1) is 17.5. The molecule has 0 atom stereocenters. The fraction of sp³-hybridized carbons (Fsp3) is 0.381. The Balaban J connectivity index is 1.43. The Hall–Kier alpha value is -2.33. The molecular formula is C21H26N2O2. The second-order valence-electron chi connectivity index (χ2n) is 6.75.